The van der Waals surface area contributed by atoms with E-state index < -0.39 is 35.0 Å². The quantitative estimate of drug-likeness (QED) is 0.372. The smallest absolute Gasteiger partial charge is 0.352 e. The number of rotatable bonds is 4. The third-order valence-corrected chi connectivity index (χ3v) is 5.52. The van der Waals surface area contributed by atoms with Crippen molar-refractivity contribution in [2.75, 3.05) is 5.73 Å². The van der Waals surface area contributed by atoms with Gasteiger partial charge in [0.1, 0.15) is 22.8 Å². The van der Waals surface area contributed by atoms with Crippen molar-refractivity contribution < 1.29 is 24.3 Å². The lowest BCUT2D eigenvalue weighted by Gasteiger charge is -2.49. The number of carbonyl (C=O) groups excluding carboxylic acids is 3. The van der Waals surface area contributed by atoms with Crippen LogP contribution in [0.15, 0.2) is 17.2 Å². The predicted molar refractivity (Wildman–Crippen MR) is 86.2 cm³/mol. The van der Waals surface area contributed by atoms with E-state index in [-0.39, 0.29) is 21.8 Å². The van der Waals surface area contributed by atoms with Crippen LogP contribution in [0, 0.1) is 0 Å². The standard InChI is InChI=1S/C13H12N4O5S2/c1-4-2-6(12(21)22)17-10(20)7(11(17)24-4)16-9(19)8(18)5-3-23-13(14)15-5/h2-4,7,11H,1H3,(H2,14,15)(H,16,19)(H,21,22)/t4?,7?,11-/m1/s1. The maximum atomic E-state index is 12.2. The van der Waals surface area contributed by atoms with Crippen LogP contribution in [0.3, 0.4) is 0 Å². The minimum Gasteiger partial charge on any atom is -0.477 e. The number of thiazole rings is 1. The van der Waals surface area contributed by atoms with E-state index in [1.807, 2.05) is 0 Å². The molecule has 4 N–H and O–H groups in total. The van der Waals surface area contributed by atoms with Crippen LogP contribution in [0.4, 0.5) is 5.13 Å². The zero-order chi connectivity index (χ0) is 17.6. The summed E-state index contributed by atoms with van der Waals surface area (Å²) >= 11 is 2.35. The lowest BCUT2D eigenvalue weighted by atomic mass is 10.0. The van der Waals surface area contributed by atoms with Gasteiger partial charge in [0.2, 0.25) is 0 Å². The average Bonchev–Trinajstić information content (AvgIpc) is 2.96. The lowest BCUT2D eigenvalue weighted by molar-refractivity contribution is -0.150. The zero-order valence-electron chi connectivity index (χ0n) is 12.3. The van der Waals surface area contributed by atoms with E-state index in [1.165, 1.54) is 23.2 Å². The van der Waals surface area contributed by atoms with Gasteiger partial charge in [-0.1, -0.05) is 0 Å². The first-order valence-electron chi connectivity index (χ1n) is 6.79. The number of nitrogens with zero attached hydrogens (tertiary/aromatic N) is 2. The second-order valence-corrected chi connectivity index (χ2v) is 7.54. The van der Waals surface area contributed by atoms with Crippen LogP contribution in [-0.4, -0.2) is 55.2 Å². The highest BCUT2D eigenvalue weighted by Gasteiger charge is 2.54. The molecule has 11 heteroatoms. The molecule has 2 aliphatic heterocycles. The van der Waals surface area contributed by atoms with Gasteiger partial charge >= 0.3 is 5.97 Å². The number of thioether (sulfide) groups is 1. The number of fused-ring (bicyclic) bond motifs is 1. The predicted octanol–water partition coefficient (Wildman–Crippen LogP) is -0.335. The first-order valence-corrected chi connectivity index (χ1v) is 8.61. The molecule has 1 aromatic heterocycles. The van der Waals surface area contributed by atoms with Crippen LogP contribution in [0.1, 0.15) is 17.4 Å². The van der Waals surface area contributed by atoms with Gasteiger partial charge in [-0.05, 0) is 13.0 Å². The first kappa shape index (κ1) is 16.5. The van der Waals surface area contributed by atoms with Crippen LogP contribution < -0.4 is 11.1 Å². The molecule has 0 aromatic carbocycles. The molecule has 3 atom stereocenters. The number of carboxylic acids is 1. The van der Waals surface area contributed by atoms with Gasteiger partial charge in [-0.2, -0.15) is 0 Å². The fraction of sp³-hybridized carbons (Fsp3) is 0.308. The monoisotopic (exact) mass is 368 g/mol. The minimum absolute atomic E-state index is 0.0885. The molecular weight excluding hydrogens is 356 g/mol. The number of hydrogen-bond donors (Lipinski definition) is 3. The van der Waals surface area contributed by atoms with Crippen molar-refractivity contribution in [2.45, 2.75) is 23.6 Å². The Balaban J connectivity index is 1.72. The summed E-state index contributed by atoms with van der Waals surface area (Å²) in [5, 5.41) is 12.3. The second kappa shape index (κ2) is 5.91. The number of nitrogens with one attached hydrogen (secondary N) is 1. The van der Waals surface area contributed by atoms with Gasteiger partial charge in [-0.25, -0.2) is 9.78 Å². The Kier molecular flexibility index (Phi) is 4.05. The van der Waals surface area contributed by atoms with Gasteiger partial charge in [0.25, 0.3) is 17.6 Å². The summed E-state index contributed by atoms with van der Waals surface area (Å²) in [7, 11) is 0. The highest BCUT2D eigenvalue weighted by molar-refractivity contribution is 8.00. The van der Waals surface area contributed by atoms with E-state index >= 15 is 0 Å². The van der Waals surface area contributed by atoms with Gasteiger partial charge in [0, 0.05) is 10.6 Å². The van der Waals surface area contributed by atoms with Crippen molar-refractivity contribution in [1.29, 1.82) is 0 Å². The molecule has 9 nitrogen and oxygen atoms in total. The molecule has 1 fully saturated rings. The number of β-lactam (4-membered cyclic amide) rings is 1. The van der Waals surface area contributed by atoms with Crippen LogP contribution in [0.25, 0.3) is 0 Å². The van der Waals surface area contributed by atoms with Crippen molar-refractivity contribution in [3.8, 4) is 0 Å². The van der Waals surface area contributed by atoms with E-state index in [9.17, 15) is 24.3 Å². The van der Waals surface area contributed by atoms with Gasteiger partial charge in [-0.15, -0.1) is 23.1 Å². The number of nitrogen functional groups attached to an aromatic ring is 1. The summed E-state index contributed by atoms with van der Waals surface area (Å²) < 4.78 is 0. The molecule has 0 saturated carbocycles. The van der Waals surface area contributed by atoms with Gasteiger partial charge in [0.15, 0.2) is 5.13 Å². The molecular formula is C13H12N4O5S2. The number of aromatic nitrogens is 1. The number of carbonyl (C=O) groups is 4. The molecule has 1 aromatic rings. The molecule has 2 amide bonds. The molecule has 126 valence electrons. The highest BCUT2D eigenvalue weighted by Crippen LogP contribution is 2.40. The van der Waals surface area contributed by atoms with Gasteiger partial charge in [0.05, 0.1) is 0 Å². The summed E-state index contributed by atoms with van der Waals surface area (Å²) in [6.07, 6.45) is 1.47. The molecule has 0 radical (unpaired) electrons. The van der Waals surface area contributed by atoms with Crippen molar-refractivity contribution in [2.24, 2.45) is 0 Å². The number of hydrogen-bond acceptors (Lipinski definition) is 8. The summed E-state index contributed by atoms with van der Waals surface area (Å²) in [6, 6.07) is -0.951. The van der Waals surface area contributed by atoms with E-state index in [0.717, 1.165) is 16.2 Å². The SMILES string of the molecule is CC1C=C(C(=O)O)N2C(=O)C(NC(=O)C(=O)c3csc(N)n3)[C@H]2S1. The number of Topliss-reactive ketones (excluding diaryl/α,β-unsaturated/α-hetero) is 1. The molecule has 0 bridgehead atoms. The largest absolute Gasteiger partial charge is 0.477 e. The number of aliphatic carboxylic acids is 1. The first-order chi connectivity index (χ1) is 11.3. The average molecular weight is 368 g/mol. The Bertz CT molecular complexity index is 789. The van der Waals surface area contributed by atoms with E-state index in [0.29, 0.717) is 0 Å². The number of anilines is 1. The molecule has 3 rings (SSSR count). The number of nitrogens with two attached hydrogens (primary N) is 1. The fourth-order valence-electron chi connectivity index (χ4n) is 2.44. The molecule has 1 saturated heterocycles. The normalized spacial score (nSPS) is 25.4. The summed E-state index contributed by atoms with van der Waals surface area (Å²) in [4.78, 5) is 52.2. The van der Waals surface area contributed by atoms with Crippen LogP contribution in [-0.2, 0) is 14.4 Å². The van der Waals surface area contributed by atoms with E-state index in [4.69, 9.17) is 5.73 Å². The summed E-state index contributed by atoms with van der Waals surface area (Å²) in [6.45, 7) is 1.79. The highest BCUT2D eigenvalue weighted by atomic mass is 32.2. The van der Waals surface area contributed by atoms with Crippen molar-refractivity contribution in [1.82, 2.24) is 15.2 Å². The zero-order valence-corrected chi connectivity index (χ0v) is 13.9. The molecule has 24 heavy (non-hydrogen) atoms. The summed E-state index contributed by atoms with van der Waals surface area (Å²) in [5.74, 6) is -3.64. The molecule has 2 aliphatic rings. The number of amides is 2. The van der Waals surface area contributed by atoms with Crippen LogP contribution >= 0.6 is 23.1 Å². The number of carboxylic acid groups (broad SMARTS) is 1. The maximum Gasteiger partial charge on any atom is 0.352 e. The molecule has 0 spiro atoms. The molecule has 3 heterocycles. The minimum atomic E-state index is -1.21. The Labute approximate surface area is 143 Å². The Morgan fingerprint density at radius 1 is 1.42 bits per heavy atom. The summed E-state index contributed by atoms with van der Waals surface area (Å²) in [5.41, 5.74) is 5.22. The molecule has 2 unspecified atom stereocenters. The third kappa shape index (κ3) is 2.65. The Morgan fingerprint density at radius 3 is 2.71 bits per heavy atom. The van der Waals surface area contributed by atoms with E-state index in [1.54, 1.807) is 6.92 Å². The topological polar surface area (TPSA) is 143 Å². The maximum absolute atomic E-state index is 12.2. The van der Waals surface area contributed by atoms with Crippen LogP contribution in [0.5, 0.6) is 0 Å². The van der Waals surface area contributed by atoms with Crippen molar-refractivity contribution in [3.63, 3.8) is 0 Å². The Morgan fingerprint density at radius 2 is 2.12 bits per heavy atom. The van der Waals surface area contributed by atoms with Crippen molar-refractivity contribution >= 4 is 51.8 Å². The second-order valence-electron chi connectivity index (χ2n) is 5.15. The lowest BCUT2D eigenvalue weighted by Crippen LogP contribution is -2.71. The van der Waals surface area contributed by atoms with Crippen LogP contribution in [0.2, 0.25) is 0 Å². The number of ketones is 1. The van der Waals surface area contributed by atoms with Gasteiger partial charge < -0.3 is 16.2 Å². The fourth-order valence-corrected chi connectivity index (χ4v) is 4.31. The van der Waals surface area contributed by atoms with Gasteiger partial charge in [-0.3, -0.25) is 19.3 Å². The Hall–Kier alpha value is -2.40. The van der Waals surface area contributed by atoms with Crippen molar-refractivity contribution in [3.05, 3.63) is 22.8 Å². The van der Waals surface area contributed by atoms with E-state index in [2.05, 4.69) is 10.3 Å². The third-order valence-electron chi connectivity index (χ3n) is 3.52. The molecule has 0 aliphatic carbocycles.